The van der Waals surface area contributed by atoms with E-state index >= 15 is 0 Å². The third kappa shape index (κ3) is 4.78. The summed E-state index contributed by atoms with van der Waals surface area (Å²) in [6, 6.07) is 69.7. The molecule has 3 heteroatoms. The van der Waals surface area contributed by atoms with Crippen LogP contribution in [0.4, 0.5) is 0 Å². The molecule has 0 aliphatic heterocycles. The van der Waals surface area contributed by atoms with Gasteiger partial charge in [0.1, 0.15) is 0 Å². The van der Waals surface area contributed by atoms with Gasteiger partial charge in [0, 0.05) is 15.8 Å². The third-order valence-electron chi connectivity index (χ3n) is 10.4. The van der Waals surface area contributed by atoms with Crippen LogP contribution >= 0.6 is 11.3 Å². The number of thiophene rings is 1. The molecule has 1 aliphatic carbocycles. The monoisotopic (exact) mass is 680 g/mol. The zero-order valence-electron chi connectivity index (χ0n) is 28.3. The summed E-state index contributed by atoms with van der Waals surface area (Å²) in [5.74, 6) is 0.714. The molecule has 0 radical (unpaired) electrons. The molecule has 0 atom stereocenters. The van der Waals surface area contributed by atoms with Crippen molar-refractivity contribution in [2.45, 2.75) is 5.41 Å². The van der Waals surface area contributed by atoms with Crippen molar-refractivity contribution < 1.29 is 0 Å². The quantitative estimate of drug-likeness (QED) is 0.175. The van der Waals surface area contributed by atoms with Crippen molar-refractivity contribution in [1.29, 1.82) is 0 Å². The minimum atomic E-state index is -0.492. The highest BCUT2D eigenvalue weighted by Crippen LogP contribution is 2.58. The Morgan fingerprint density at radius 2 is 0.962 bits per heavy atom. The molecule has 0 N–H and O–H groups in total. The summed E-state index contributed by atoms with van der Waals surface area (Å²) in [7, 11) is 0. The Hall–Kier alpha value is -6.42. The average Bonchev–Trinajstić information content (AvgIpc) is 3.80. The van der Waals surface area contributed by atoms with Gasteiger partial charge in [-0.25, -0.2) is 9.97 Å². The Bertz CT molecular complexity index is 2660. The van der Waals surface area contributed by atoms with Crippen LogP contribution in [-0.2, 0) is 5.41 Å². The maximum Gasteiger partial charge on any atom is 0.161 e. The Morgan fingerprint density at radius 1 is 0.404 bits per heavy atom. The van der Waals surface area contributed by atoms with Crippen LogP contribution in [0.2, 0.25) is 0 Å². The largest absolute Gasteiger partial charge is 0.228 e. The van der Waals surface area contributed by atoms with Crippen LogP contribution in [0, 0.1) is 0 Å². The molecular weight excluding hydrogens is 649 g/mol. The number of hydrogen-bond acceptors (Lipinski definition) is 3. The van der Waals surface area contributed by atoms with Gasteiger partial charge in [-0.1, -0.05) is 176 Å². The molecule has 2 heterocycles. The lowest BCUT2D eigenvalue weighted by molar-refractivity contribution is 0.768. The van der Waals surface area contributed by atoms with Crippen molar-refractivity contribution in [3.63, 3.8) is 0 Å². The van der Waals surface area contributed by atoms with Crippen LogP contribution in [0.15, 0.2) is 194 Å². The molecule has 10 rings (SSSR count). The van der Waals surface area contributed by atoms with Crippen LogP contribution in [0.25, 0.3) is 65.6 Å². The van der Waals surface area contributed by atoms with Crippen LogP contribution < -0.4 is 0 Å². The first kappa shape index (κ1) is 30.4. The van der Waals surface area contributed by atoms with Crippen LogP contribution in [-0.4, -0.2) is 9.97 Å². The Morgan fingerprint density at radius 3 is 1.69 bits per heavy atom. The predicted molar refractivity (Wildman–Crippen MR) is 216 cm³/mol. The van der Waals surface area contributed by atoms with Crippen molar-refractivity contribution in [2.75, 3.05) is 0 Å². The molecule has 52 heavy (non-hydrogen) atoms. The van der Waals surface area contributed by atoms with Crippen molar-refractivity contribution in [3.8, 4) is 55.5 Å². The van der Waals surface area contributed by atoms with Crippen molar-refractivity contribution >= 4 is 21.4 Å². The summed E-state index contributed by atoms with van der Waals surface area (Å²) in [6.45, 7) is 0. The van der Waals surface area contributed by atoms with E-state index in [1.54, 1.807) is 11.3 Å². The molecule has 7 aromatic carbocycles. The van der Waals surface area contributed by atoms with Gasteiger partial charge in [0.05, 0.1) is 21.7 Å². The highest BCUT2D eigenvalue weighted by atomic mass is 32.1. The Balaban J connectivity index is 1.27. The van der Waals surface area contributed by atoms with Gasteiger partial charge in [-0.15, -0.1) is 11.3 Å². The van der Waals surface area contributed by atoms with E-state index in [4.69, 9.17) is 9.97 Å². The second-order valence-electron chi connectivity index (χ2n) is 13.3. The second-order valence-corrected chi connectivity index (χ2v) is 14.4. The lowest BCUT2D eigenvalue weighted by Crippen LogP contribution is -2.28. The standard InChI is InChI=1S/C49H32N2S/c1-4-17-33(18-5-1)37-24-11-12-25-38(37)48-50-43(32-44(51-48)46-31-34-19-10-15-30-45(34)52-46)40-27-16-29-42-47(40)39-26-13-14-28-41(39)49(42,35-20-6-2-7-21-35)36-22-8-3-9-23-36/h1-32H. The molecule has 2 nitrogen and oxygen atoms in total. The van der Waals surface area contributed by atoms with E-state index in [1.165, 1.54) is 43.5 Å². The highest BCUT2D eigenvalue weighted by Gasteiger charge is 2.46. The topological polar surface area (TPSA) is 25.8 Å². The van der Waals surface area contributed by atoms with E-state index < -0.39 is 5.41 Å². The summed E-state index contributed by atoms with van der Waals surface area (Å²) in [5, 5.41) is 1.22. The maximum atomic E-state index is 5.48. The number of nitrogens with zero attached hydrogens (tertiary/aromatic N) is 2. The zero-order chi connectivity index (χ0) is 34.5. The Labute approximate surface area is 307 Å². The third-order valence-corrected chi connectivity index (χ3v) is 11.6. The SMILES string of the molecule is c1ccc(-c2ccccc2-c2nc(-c3cc4ccccc4s3)cc(-c3cccc4c3-c3ccccc3C4(c3ccccc3)c3ccccc3)n2)cc1. The van der Waals surface area contributed by atoms with Crippen molar-refractivity contribution in [1.82, 2.24) is 9.97 Å². The molecule has 1 aliphatic rings. The van der Waals surface area contributed by atoms with Crippen LogP contribution in [0.3, 0.4) is 0 Å². The molecule has 0 fully saturated rings. The molecule has 0 spiro atoms. The summed E-state index contributed by atoms with van der Waals surface area (Å²) in [5.41, 5.74) is 13.2. The first-order valence-corrected chi connectivity index (χ1v) is 18.5. The zero-order valence-corrected chi connectivity index (χ0v) is 29.1. The van der Waals surface area contributed by atoms with E-state index in [-0.39, 0.29) is 0 Å². The van der Waals surface area contributed by atoms with Crippen LogP contribution in [0.5, 0.6) is 0 Å². The smallest absolute Gasteiger partial charge is 0.161 e. The van der Waals surface area contributed by atoms with E-state index in [2.05, 4.69) is 194 Å². The van der Waals surface area contributed by atoms with Gasteiger partial charge in [-0.05, 0) is 68.1 Å². The molecule has 0 amide bonds. The molecule has 0 unspecified atom stereocenters. The number of hydrogen-bond donors (Lipinski definition) is 0. The van der Waals surface area contributed by atoms with E-state index in [9.17, 15) is 0 Å². The van der Waals surface area contributed by atoms with Crippen molar-refractivity contribution in [3.05, 3.63) is 216 Å². The number of aromatic nitrogens is 2. The fourth-order valence-electron chi connectivity index (χ4n) is 8.19. The van der Waals surface area contributed by atoms with Gasteiger partial charge in [0.15, 0.2) is 5.82 Å². The Kier molecular flexibility index (Phi) is 7.26. The summed E-state index contributed by atoms with van der Waals surface area (Å²) >= 11 is 1.78. The first-order valence-electron chi connectivity index (χ1n) is 17.7. The van der Waals surface area contributed by atoms with E-state index in [0.29, 0.717) is 5.82 Å². The highest BCUT2D eigenvalue weighted by molar-refractivity contribution is 7.22. The van der Waals surface area contributed by atoms with Crippen LogP contribution in [0.1, 0.15) is 22.3 Å². The average molecular weight is 681 g/mol. The lowest BCUT2D eigenvalue weighted by atomic mass is 9.67. The van der Waals surface area contributed by atoms with E-state index in [1.807, 2.05) is 0 Å². The predicted octanol–water partition coefficient (Wildman–Crippen LogP) is 12.7. The molecule has 2 aromatic heterocycles. The number of rotatable bonds is 6. The van der Waals surface area contributed by atoms with Gasteiger partial charge in [0.25, 0.3) is 0 Å². The van der Waals surface area contributed by atoms with Crippen molar-refractivity contribution in [2.24, 2.45) is 0 Å². The molecule has 0 saturated heterocycles. The minimum absolute atomic E-state index is 0.492. The molecule has 0 bridgehead atoms. The second kappa shape index (κ2) is 12.4. The molecule has 0 saturated carbocycles. The van der Waals surface area contributed by atoms with Gasteiger partial charge >= 0.3 is 0 Å². The number of fused-ring (bicyclic) bond motifs is 4. The summed E-state index contributed by atoms with van der Waals surface area (Å²) in [4.78, 5) is 11.9. The maximum absolute atomic E-state index is 5.48. The van der Waals surface area contributed by atoms with Gasteiger partial charge in [-0.2, -0.15) is 0 Å². The number of benzene rings is 7. The molecular formula is C49H32N2S. The van der Waals surface area contributed by atoms with Gasteiger partial charge in [0.2, 0.25) is 0 Å². The fraction of sp³-hybridized carbons (Fsp3) is 0.0204. The molecule has 9 aromatic rings. The summed E-state index contributed by atoms with van der Waals surface area (Å²) in [6.07, 6.45) is 0. The summed E-state index contributed by atoms with van der Waals surface area (Å²) < 4.78 is 1.24. The lowest BCUT2D eigenvalue weighted by Gasteiger charge is -2.33. The minimum Gasteiger partial charge on any atom is -0.228 e. The fourth-order valence-corrected chi connectivity index (χ4v) is 9.22. The normalized spacial score (nSPS) is 12.8. The van der Waals surface area contributed by atoms with Gasteiger partial charge < -0.3 is 0 Å². The first-order chi connectivity index (χ1) is 25.8. The van der Waals surface area contributed by atoms with E-state index in [0.717, 1.165) is 38.5 Å². The molecule has 244 valence electrons. The van der Waals surface area contributed by atoms with Gasteiger partial charge in [-0.3, -0.25) is 0 Å².